The molecular weight excluding hydrogens is 322 g/mol. The molecule has 0 spiro atoms. The molecule has 132 valence electrons. The van der Waals surface area contributed by atoms with Crippen molar-refractivity contribution in [3.8, 4) is 11.5 Å². The molecule has 2 atom stereocenters. The smallest absolute Gasteiger partial charge is 0.282 e. The molecule has 0 aromatic heterocycles. The number of ether oxygens (including phenoxy) is 2. The van der Waals surface area contributed by atoms with Gasteiger partial charge < -0.3 is 9.47 Å². The first-order chi connectivity index (χ1) is 11.8. The minimum atomic E-state index is -0.446. The van der Waals surface area contributed by atoms with Crippen molar-refractivity contribution >= 4 is 17.6 Å². The van der Waals surface area contributed by atoms with Gasteiger partial charge in [0, 0.05) is 11.1 Å². The summed E-state index contributed by atoms with van der Waals surface area (Å²) in [5, 5.41) is 19.9. The van der Waals surface area contributed by atoms with Gasteiger partial charge in [0.1, 0.15) is 0 Å². The standard InChI is InChI=1S/C18H21N3O4/c1-17(2)12-4-5-18(17,3)16(7-12)20-19-9-11-6-14-15(25-10-24-14)8-13(11)21(22)23/h6,8-9,12H,4-5,7,10H2,1-3H3. The van der Waals surface area contributed by atoms with Crippen LogP contribution in [0.3, 0.4) is 0 Å². The fraction of sp³-hybridized carbons (Fsp3) is 0.556. The van der Waals surface area contributed by atoms with Crippen LogP contribution in [0.15, 0.2) is 22.3 Å². The molecule has 0 N–H and O–H groups in total. The van der Waals surface area contributed by atoms with Gasteiger partial charge in [-0.1, -0.05) is 20.8 Å². The predicted molar refractivity (Wildman–Crippen MR) is 93.5 cm³/mol. The van der Waals surface area contributed by atoms with E-state index in [1.165, 1.54) is 18.7 Å². The monoisotopic (exact) mass is 343 g/mol. The maximum Gasteiger partial charge on any atom is 0.282 e. The second-order valence-corrected chi connectivity index (χ2v) is 7.81. The number of hydrogen-bond donors (Lipinski definition) is 0. The van der Waals surface area contributed by atoms with Crippen molar-refractivity contribution in [1.82, 2.24) is 0 Å². The molecule has 2 saturated carbocycles. The van der Waals surface area contributed by atoms with E-state index in [1.807, 2.05) is 0 Å². The van der Waals surface area contributed by atoms with Crippen LogP contribution in [0.25, 0.3) is 0 Å². The quantitative estimate of drug-likeness (QED) is 0.472. The van der Waals surface area contributed by atoms with E-state index in [2.05, 4.69) is 31.0 Å². The topological polar surface area (TPSA) is 86.3 Å². The zero-order valence-corrected chi connectivity index (χ0v) is 14.6. The molecule has 2 bridgehead atoms. The summed E-state index contributed by atoms with van der Waals surface area (Å²) in [5.41, 5.74) is 1.70. The van der Waals surface area contributed by atoms with Crippen LogP contribution in [-0.4, -0.2) is 23.6 Å². The molecule has 2 unspecified atom stereocenters. The highest BCUT2D eigenvalue weighted by Gasteiger charge is 2.59. The van der Waals surface area contributed by atoms with Crippen LogP contribution in [0.2, 0.25) is 0 Å². The summed E-state index contributed by atoms with van der Waals surface area (Å²) in [6, 6.07) is 2.95. The van der Waals surface area contributed by atoms with Crippen LogP contribution < -0.4 is 9.47 Å². The van der Waals surface area contributed by atoms with Gasteiger partial charge >= 0.3 is 0 Å². The maximum absolute atomic E-state index is 11.3. The molecule has 3 aliphatic rings. The SMILES string of the molecule is CC12CCC(CC1=NN=Cc1cc3c(cc1[N+](=O)[O-])OCO3)C2(C)C. The van der Waals surface area contributed by atoms with E-state index >= 15 is 0 Å². The first-order valence-electron chi connectivity index (χ1n) is 8.51. The van der Waals surface area contributed by atoms with E-state index in [-0.39, 0.29) is 23.3 Å². The molecular formula is C18H21N3O4. The number of hydrogen-bond acceptors (Lipinski definition) is 6. The zero-order chi connectivity index (χ0) is 17.8. The summed E-state index contributed by atoms with van der Waals surface area (Å²) in [5.74, 6) is 1.52. The lowest BCUT2D eigenvalue weighted by molar-refractivity contribution is -0.385. The van der Waals surface area contributed by atoms with Crippen molar-refractivity contribution in [1.29, 1.82) is 0 Å². The van der Waals surface area contributed by atoms with Gasteiger partial charge in [0.05, 0.1) is 22.8 Å². The van der Waals surface area contributed by atoms with Crippen molar-refractivity contribution < 1.29 is 14.4 Å². The molecule has 0 amide bonds. The van der Waals surface area contributed by atoms with E-state index in [4.69, 9.17) is 9.47 Å². The highest BCUT2D eigenvalue weighted by molar-refractivity contribution is 5.95. The van der Waals surface area contributed by atoms with Gasteiger partial charge in [0.15, 0.2) is 11.5 Å². The first-order valence-corrected chi connectivity index (χ1v) is 8.51. The fourth-order valence-electron chi connectivity index (χ4n) is 4.45. The van der Waals surface area contributed by atoms with E-state index in [9.17, 15) is 10.1 Å². The third kappa shape index (κ3) is 2.25. The van der Waals surface area contributed by atoms with E-state index in [0.717, 1.165) is 18.6 Å². The number of nitro benzene ring substituents is 1. The van der Waals surface area contributed by atoms with E-state index in [0.29, 0.717) is 23.0 Å². The van der Waals surface area contributed by atoms with Gasteiger partial charge in [-0.25, -0.2) is 0 Å². The number of nitrogens with zero attached hydrogens (tertiary/aromatic N) is 3. The first kappa shape index (κ1) is 16.1. The summed E-state index contributed by atoms with van der Waals surface area (Å²) < 4.78 is 10.5. The van der Waals surface area contributed by atoms with Crippen molar-refractivity contribution in [3.05, 3.63) is 27.8 Å². The Kier molecular flexibility index (Phi) is 3.39. The Hall–Kier alpha value is -2.44. The van der Waals surface area contributed by atoms with Gasteiger partial charge in [-0.05, 0) is 36.7 Å². The minimum Gasteiger partial charge on any atom is -0.454 e. The second kappa shape index (κ2) is 5.28. The van der Waals surface area contributed by atoms with Crippen molar-refractivity contribution in [2.24, 2.45) is 27.0 Å². The average molecular weight is 343 g/mol. The molecule has 4 rings (SSSR count). The molecule has 1 aliphatic heterocycles. The Morgan fingerprint density at radius 3 is 2.60 bits per heavy atom. The Bertz CT molecular complexity index is 815. The summed E-state index contributed by atoms with van der Waals surface area (Å²) in [6.07, 6.45) is 4.77. The minimum absolute atomic E-state index is 0.0623. The average Bonchev–Trinajstić information content (AvgIpc) is 3.15. The van der Waals surface area contributed by atoms with E-state index < -0.39 is 4.92 Å². The fourth-order valence-corrected chi connectivity index (χ4v) is 4.45. The van der Waals surface area contributed by atoms with Crippen molar-refractivity contribution in [3.63, 3.8) is 0 Å². The van der Waals surface area contributed by atoms with Crippen LogP contribution in [0, 0.1) is 26.9 Å². The van der Waals surface area contributed by atoms with Crippen molar-refractivity contribution in [2.45, 2.75) is 40.0 Å². The van der Waals surface area contributed by atoms with Crippen LogP contribution in [0.5, 0.6) is 11.5 Å². The maximum atomic E-state index is 11.3. The van der Waals surface area contributed by atoms with Gasteiger partial charge in [-0.3, -0.25) is 10.1 Å². The van der Waals surface area contributed by atoms with Gasteiger partial charge in [0.2, 0.25) is 6.79 Å². The molecule has 2 fully saturated rings. The molecule has 2 aliphatic carbocycles. The molecule has 0 radical (unpaired) electrons. The highest BCUT2D eigenvalue weighted by Crippen LogP contribution is 2.64. The highest BCUT2D eigenvalue weighted by atomic mass is 16.7. The van der Waals surface area contributed by atoms with Gasteiger partial charge in [-0.15, -0.1) is 0 Å². The van der Waals surface area contributed by atoms with Crippen LogP contribution in [-0.2, 0) is 0 Å². The third-order valence-electron chi connectivity index (χ3n) is 6.61. The second-order valence-electron chi connectivity index (χ2n) is 7.81. The van der Waals surface area contributed by atoms with Gasteiger partial charge in [0.25, 0.3) is 5.69 Å². The molecule has 1 aromatic rings. The lowest BCUT2D eigenvalue weighted by Crippen LogP contribution is -2.32. The summed E-state index contributed by atoms with van der Waals surface area (Å²) in [4.78, 5) is 10.8. The summed E-state index contributed by atoms with van der Waals surface area (Å²) >= 11 is 0. The lowest BCUT2D eigenvalue weighted by atomic mass is 9.70. The molecule has 1 aromatic carbocycles. The lowest BCUT2D eigenvalue weighted by Gasteiger charge is -2.34. The number of benzene rings is 1. The Balaban J connectivity index is 1.64. The zero-order valence-electron chi connectivity index (χ0n) is 14.6. The molecule has 0 saturated heterocycles. The Labute approximate surface area is 145 Å². The Morgan fingerprint density at radius 1 is 1.28 bits per heavy atom. The summed E-state index contributed by atoms with van der Waals surface area (Å²) in [6.45, 7) is 6.95. The Morgan fingerprint density at radius 2 is 2.00 bits per heavy atom. The van der Waals surface area contributed by atoms with Crippen LogP contribution >= 0.6 is 0 Å². The molecule has 7 nitrogen and oxygen atoms in total. The largest absolute Gasteiger partial charge is 0.454 e. The number of rotatable bonds is 3. The van der Waals surface area contributed by atoms with Gasteiger partial charge in [-0.2, -0.15) is 10.2 Å². The number of nitro groups is 1. The molecule has 25 heavy (non-hydrogen) atoms. The molecule has 7 heteroatoms. The van der Waals surface area contributed by atoms with Crippen LogP contribution in [0.1, 0.15) is 45.6 Å². The third-order valence-corrected chi connectivity index (χ3v) is 6.61. The normalized spacial score (nSPS) is 30.5. The predicted octanol–water partition coefficient (Wildman–Crippen LogP) is 3.94. The van der Waals surface area contributed by atoms with E-state index in [1.54, 1.807) is 6.07 Å². The van der Waals surface area contributed by atoms with Crippen LogP contribution in [0.4, 0.5) is 5.69 Å². The molecule has 1 heterocycles. The number of fused-ring (bicyclic) bond motifs is 3. The summed E-state index contributed by atoms with van der Waals surface area (Å²) in [7, 11) is 0. The van der Waals surface area contributed by atoms with Crippen molar-refractivity contribution in [2.75, 3.05) is 6.79 Å².